The number of hydrogen-bond acceptors (Lipinski definition) is 5. The normalized spacial score (nSPS) is 11.9. The molecule has 7 nitrogen and oxygen atoms in total. The molecule has 0 bridgehead atoms. The maximum Gasteiger partial charge on any atom is 0.336 e. The minimum Gasteiger partial charge on any atom is -0.481 e. The van der Waals surface area contributed by atoms with E-state index >= 15 is 0 Å². The summed E-state index contributed by atoms with van der Waals surface area (Å²) in [6, 6.07) is 6.44. The fraction of sp³-hybridized carbons (Fsp3) is 0.353. The molecule has 1 heterocycles. The molecule has 0 aliphatic heterocycles. The van der Waals surface area contributed by atoms with Crippen molar-refractivity contribution in [3.05, 3.63) is 40.2 Å². The predicted molar refractivity (Wildman–Crippen MR) is 87.2 cm³/mol. The first-order valence-corrected chi connectivity index (χ1v) is 7.57. The van der Waals surface area contributed by atoms with E-state index in [0.29, 0.717) is 17.8 Å². The molecule has 0 radical (unpaired) electrons. The molecule has 128 valence electrons. The topological polar surface area (TPSA) is 106 Å². The number of ether oxygens (including phenoxy) is 1. The van der Waals surface area contributed by atoms with Gasteiger partial charge in [0.05, 0.1) is 0 Å². The third kappa shape index (κ3) is 4.58. The first-order chi connectivity index (χ1) is 11.4. The number of carboxylic acids is 1. The second kappa shape index (κ2) is 7.63. The standard InChI is InChI=1S/C17H19NO6/c1-10-8-16(21)24-14-9-12(5-6-13(10)14)23-11(2)17(22)18-7-3-4-15(19)20/h5-6,8-9,11H,3-4,7H2,1-2H3,(H,18,22)(H,19,20)/t11-/m0/s1. The Labute approximate surface area is 138 Å². The van der Waals surface area contributed by atoms with Gasteiger partial charge in [-0.2, -0.15) is 0 Å². The smallest absolute Gasteiger partial charge is 0.336 e. The molecule has 0 aliphatic rings. The second-order valence-electron chi connectivity index (χ2n) is 5.45. The van der Waals surface area contributed by atoms with E-state index in [2.05, 4.69) is 5.32 Å². The Morgan fingerprint density at radius 2 is 2.08 bits per heavy atom. The average molecular weight is 333 g/mol. The average Bonchev–Trinajstić information content (AvgIpc) is 2.50. The minimum atomic E-state index is -0.901. The SMILES string of the molecule is Cc1cc(=O)oc2cc(O[C@@H](C)C(=O)NCCCC(=O)O)ccc12. The summed E-state index contributed by atoms with van der Waals surface area (Å²) >= 11 is 0. The van der Waals surface area contributed by atoms with E-state index in [-0.39, 0.29) is 18.9 Å². The van der Waals surface area contributed by atoms with Crippen LogP contribution in [0.4, 0.5) is 0 Å². The van der Waals surface area contributed by atoms with Gasteiger partial charge in [0.25, 0.3) is 5.91 Å². The van der Waals surface area contributed by atoms with Crippen molar-refractivity contribution in [3.63, 3.8) is 0 Å². The quantitative estimate of drug-likeness (QED) is 0.592. The van der Waals surface area contributed by atoms with Crippen LogP contribution in [-0.4, -0.2) is 29.6 Å². The van der Waals surface area contributed by atoms with Crippen LogP contribution in [0.3, 0.4) is 0 Å². The van der Waals surface area contributed by atoms with Crippen LogP contribution in [0.1, 0.15) is 25.3 Å². The van der Waals surface area contributed by atoms with Crippen LogP contribution >= 0.6 is 0 Å². The van der Waals surface area contributed by atoms with Gasteiger partial charge in [-0.25, -0.2) is 4.79 Å². The zero-order valence-electron chi connectivity index (χ0n) is 13.5. The van der Waals surface area contributed by atoms with Gasteiger partial charge < -0.3 is 19.6 Å². The van der Waals surface area contributed by atoms with Crippen molar-refractivity contribution >= 4 is 22.8 Å². The molecule has 1 amide bonds. The number of nitrogens with one attached hydrogen (secondary N) is 1. The molecular formula is C17H19NO6. The van der Waals surface area contributed by atoms with E-state index in [0.717, 1.165) is 10.9 Å². The van der Waals surface area contributed by atoms with Crippen LogP contribution in [0.5, 0.6) is 5.75 Å². The molecular weight excluding hydrogens is 314 g/mol. The summed E-state index contributed by atoms with van der Waals surface area (Å²) in [5.41, 5.74) is 0.755. The van der Waals surface area contributed by atoms with Gasteiger partial charge in [0.2, 0.25) is 0 Å². The number of rotatable bonds is 7. The zero-order chi connectivity index (χ0) is 17.7. The third-order valence-electron chi connectivity index (χ3n) is 3.47. The van der Waals surface area contributed by atoms with Gasteiger partial charge >= 0.3 is 11.6 Å². The molecule has 0 unspecified atom stereocenters. The van der Waals surface area contributed by atoms with Crippen LogP contribution in [0.15, 0.2) is 33.5 Å². The van der Waals surface area contributed by atoms with E-state index in [1.54, 1.807) is 25.1 Å². The van der Waals surface area contributed by atoms with Crippen molar-refractivity contribution in [3.8, 4) is 5.75 Å². The van der Waals surface area contributed by atoms with Crippen molar-refractivity contribution in [1.29, 1.82) is 0 Å². The monoisotopic (exact) mass is 333 g/mol. The molecule has 1 atom stereocenters. The first kappa shape index (κ1) is 17.5. The minimum absolute atomic E-state index is 0.00141. The van der Waals surface area contributed by atoms with Crippen molar-refractivity contribution < 1.29 is 23.8 Å². The Bertz CT molecular complexity index is 810. The Kier molecular flexibility index (Phi) is 5.57. The van der Waals surface area contributed by atoms with E-state index < -0.39 is 17.7 Å². The number of carbonyl (C=O) groups is 2. The van der Waals surface area contributed by atoms with Crippen LogP contribution in [0, 0.1) is 6.92 Å². The number of carbonyl (C=O) groups excluding carboxylic acids is 1. The molecule has 0 spiro atoms. The molecule has 24 heavy (non-hydrogen) atoms. The van der Waals surface area contributed by atoms with E-state index in [9.17, 15) is 14.4 Å². The number of fused-ring (bicyclic) bond motifs is 1. The third-order valence-corrected chi connectivity index (χ3v) is 3.47. The molecule has 1 aromatic carbocycles. The fourth-order valence-corrected chi connectivity index (χ4v) is 2.23. The van der Waals surface area contributed by atoms with Crippen molar-refractivity contribution in [2.45, 2.75) is 32.8 Å². The molecule has 2 rings (SSSR count). The van der Waals surface area contributed by atoms with E-state index in [4.69, 9.17) is 14.3 Å². The number of carboxylic acid groups (broad SMARTS) is 1. The maximum absolute atomic E-state index is 11.9. The van der Waals surface area contributed by atoms with Gasteiger partial charge in [-0.3, -0.25) is 9.59 Å². The van der Waals surface area contributed by atoms with Crippen molar-refractivity contribution in [1.82, 2.24) is 5.32 Å². The second-order valence-corrected chi connectivity index (χ2v) is 5.45. The van der Waals surface area contributed by atoms with Gasteiger partial charge in [-0.15, -0.1) is 0 Å². The molecule has 1 aromatic heterocycles. The summed E-state index contributed by atoms with van der Waals surface area (Å²) in [5.74, 6) is -0.836. The highest BCUT2D eigenvalue weighted by molar-refractivity contribution is 5.82. The number of aryl methyl sites for hydroxylation is 1. The van der Waals surface area contributed by atoms with E-state index in [1.165, 1.54) is 6.07 Å². The lowest BCUT2D eigenvalue weighted by Crippen LogP contribution is -2.36. The van der Waals surface area contributed by atoms with Gasteiger partial charge in [-0.05, 0) is 38.0 Å². The molecule has 2 N–H and O–H groups in total. The lowest BCUT2D eigenvalue weighted by atomic mass is 10.1. The predicted octanol–water partition coefficient (Wildman–Crippen LogP) is 1.85. The lowest BCUT2D eigenvalue weighted by molar-refractivity contribution is -0.137. The summed E-state index contributed by atoms with van der Waals surface area (Å²) in [5, 5.41) is 12.0. The lowest BCUT2D eigenvalue weighted by Gasteiger charge is -2.15. The van der Waals surface area contributed by atoms with Crippen LogP contribution in [0.25, 0.3) is 11.0 Å². The van der Waals surface area contributed by atoms with Crippen LogP contribution < -0.4 is 15.7 Å². The summed E-state index contributed by atoms with van der Waals surface area (Å²) in [6.45, 7) is 3.67. The fourth-order valence-electron chi connectivity index (χ4n) is 2.23. The Balaban J connectivity index is 1.99. The Morgan fingerprint density at radius 1 is 1.33 bits per heavy atom. The van der Waals surface area contributed by atoms with Crippen molar-refractivity contribution in [2.24, 2.45) is 0 Å². The number of benzene rings is 1. The van der Waals surface area contributed by atoms with Gasteiger partial charge in [0.1, 0.15) is 11.3 Å². The number of hydrogen-bond donors (Lipinski definition) is 2. The highest BCUT2D eigenvalue weighted by Crippen LogP contribution is 2.22. The summed E-state index contributed by atoms with van der Waals surface area (Å²) in [4.78, 5) is 33.7. The molecule has 0 saturated carbocycles. The largest absolute Gasteiger partial charge is 0.481 e. The molecule has 0 saturated heterocycles. The van der Waals surface area contributed by atoms with Gasteiger partial charge in [-0.1, -0.05) is 0 Å². The summed E-state index contributed by atoms with van der Waals surface area (Å²) < 4.78 is 10.7. The Hall–Kier alpha value is -2.83. The number of aliphatic carboxylic acids is 1. The molecule has 0 fully saturated rings. The van der Waals surface area contributed by atoms with Crippen LogP contribution in [-0.2, 0) is 9.59 Å². The maximum atomic E-state index is 11.9. The van der Waals surface area contributed by atoms with Crippen LogP contribution in [0.2, 0.25) is 0 Å². The zero-order valence-corrected chi connectivity index (χ0v) is 13.5. The van der Waals surface area contributed by atoms with Gasteiger partial charge in [0, 0.05) is 30.5 Å². The number of amides is 1. The summed E-state index contributed by atoms with van der Waals surface area (Å²) in [6.07, 6.45) is -0.406. The Morgan fingerprint density at radius 3 is 2.79 bits per heavy atom. The van der Waals surface area contributed by atoms with E-state index in [1.807, 2.05) is 6.92 Å². The summed E-state index contributed by atoms with van der Waals surface area (Å²) in [7, 11) is 0. The highest BCUT2D eigenvalue weighted by atomic mass is 16.5. The van der Waals surface area contributed by atoms with Gasteiger partial charge in [0.15, 0.2) is 6.10 Å². The van der Waals surface area contributed by atoms with Crippen molar-refractivity contribution in [2.75, 3.05) is 6.54 Å². The highest BCUT2D eigenvalue weighted by Gasteiger charge is 2.15. The first-order valence-electron chi connectivity index (χ1n) is 7.57. The molecule has 0 aliphatic carbocycles. The molecule has 7 heteroatoms. The molecule has 2 aromatic rings.